The van der Waals surface area contributed by atoms with E-state index in [1.807, 2.05) is 35.6 Å². The SMILES string of the molecule is O=C(Cn1cccn1)N1[C@@H]2CC[C@@H]1CC(O)(Cn1ccc3ccncc31)C2. The first kappa shape index (κ1) is 16.5. The zero-order valence-corrected chi connectivity index (χ0v) is 15.1. The lowest BCUT2D eigenvalue weighted by atomic mass is 9.85. The van der Waals surface area contributed by atoms with E-state index in [1.165, 1.54) is 0 Å². The van der Waals surface area contributed by atoms with Gasteiger partial charge in [0.15, 0.2) is 0 Å². The van der Waals surface area contributed by atoms with E-state index < -0.39 is 5.60 Å². The first-order chi connectivity index (χ1) is 13.1. The second-order valence-corrected chi connectivity index (χ2v) is 7.90. The number of carbonyl (C=O) groups excluding carboxylic acids is 1. The summed E-state index contributed by atoms with van der Waals surface area (Å²) < 4.78 is 3.75. The van der Waals surface area contributed by atoms with Gasteiger partial charge >= 0.3 is 0 Å². The molecule has 2 saturated heterocycles. The van der Waals surface area contributed by atoms with Crippen LogP contribution in [0.1, 0.15) is 25.7 Å². The number of carbonyl (C=O) groups is 1. The van der Waals surface area contributed by atoms with E-state index in [2.05, 4.69) is 20.7 Å². The van der Waals surface area contributed by atoms with Gasteiger partial charge in [0.1, 0.15) is 6.54 Å². The van der Waals surface area contributed by atoms with E-state index in [4.69, 9.17) is 0 Å². The molecule has 2 aliphatic rings. The summed E-state index contributed by atoms with van der Waals surface area (Å²) in [7, 11) is 0. The van der Waals surface area contributed by atoms with Gasteiger partial charge in [0.2, 0.25) is 5.91 Å². The molecule has 0 spiro atoms. The van der Waals surface area contributed by atoms with Gasteiger partial charge in [-0.1, -0.05) is 0 Å². The molecule has 0 radical (unpaired) electrons. The van der Waals surface area contributed by atoms with Crippen LogP contribution in [0.3, 0.4) is 0 Å². The molecule has 0 aliphatic carbocycles. The maximum Gasteiger partial charge on any atom is 0.244 e. The number of piperidine rings is 1. The summed E-state index contributed by atoms with van der Waals surface area (Å²) in [4.78, 5) is 19.0. The fraction of sp³-hybridized carbons (Fsp3) is 0.450. The molecule has 1 N–H and O–H groups in total. The van der Waals surface area contributed by atoms with Crippen LogP contribution in [0, 0.1) is 0 Å². The molecule has 1 amide bonds. The van der Waals surface area contributed by atoms with Crippen LogP contribution in [0.15, 0.2) is 49.2 Å². The Balaban J connectivity index is 1.33. The summed E-state index contributed by atoms with van der Waals surface area (Å²) in [6.07, 6.45) is 12.3. The van der Waals surface area contributed by atoms with E-state index >= 15 is 0 Å². The molecule has 7 nitrogen and oxygen atoms in total. The summed E-state index contributed by atoms with van der Waals surface area (Å²) in [5, 5.41) is 16.6. The fourth-order valence-electron chi connectivity index (χ4n) is 4.96. The molecule has 3 aromatic rings. The van der Waals surface area contributed by atoms with Gasteiger partial charge in [-0.05, 0) is 43.9 Å². The molecule has 2 atom stereocenters. The molecule has 5 heterocycles. The summed E-state index contributed by atoms with van der Waals surface area (Å²) in [6.45, 7) is 0.808. The molecule has 0 unspecified atom stereocenters. The molecule has 3 aromatic heterocycles. The van der Waals surface area contributed by atoms with E-state index in [0.717, 1.165) is 23.7 Å². The van der Waals surface area contributed by atoms with E-state index in [1.54, 1.807) is 17.1 Å². The maximum atomic E-state index is 12.8. The number of hydrogen-bond acceptors (Lipinski definition) is 4. The highest BCUT2D eigenvalue weighted by atomic mass is 16.3. The molecule has 5 rings (SSSR count). The fourth-order valence-corrected chi connectivity index (χ4v) is 4.96. The molecule has 2 bridgehead atoms. The Kier molecular flexibility index (Phi) is 3.79. The predicted molar refractivity (Wildman–Crippen MR) is 99.8 cm³/mol. The van der Waals surface area contributed by atoms with Gasteiger partial charge in [0, 0.05) is 42.3 Å². The van der Waals surface area contributed by atoms with Crippen LogP contribution >= 0.6 is 0 Å². The average molecular weight is 365 g/mol. The molecule has 7 heteroatoms. The molecule has 0 saturated carbocycles. The molecule has 2 aliphatic heterocycles. The van der Waals surface area contributed by atoms with Crippen molar-refractivity contribution in [3.8, 4) is 0 Å². The normalized spacial score (nSPS) is 27.4. The van der Waals surface area contributed by atoms with Gasteiger partial charge in [-0.15, -0.1) is 0 Å². The van der Waals surface area contributed by atoms with Crippen molar-refractivity contribution in [2.75, 3.05) is 0 Å². The smallest absolute Gasteiger partial charge is 0.244 e. The lowest BCUT2D eigenvalue weighted by Crippen LogP contribution is -2.55. The third-order valence-corrected chi connectivity index (χ3v) is 6.04. The van der Waals surface area contributed by atoms with Gasteiger partial charge < -0.3 is 14.6 Å². The minimum absolute atomic E-state index is 0.101. The van der Waals surface area contributed by atoms with Crippen LogP contribution in [0.25, 0.3) is 10.9 Å². The average Bonchev–Trinajstić information content (AvgIpc) is 3.35. The number of rotatable bonds is 4. The second kappa shape index (κ2) is 6.20. The summed E-state index contributed by atoms with van der Waals surface area (Å²) in [5.74, 6) is 0.101. The Hall–Kier alpha value is -2.67. The number of nitrogens with zero attached hydrogens (tertiary/aromatic N) is 5. The third-order valence-electron chi connectivity index (χ3n) is 6.04. The Morgan fingerprint density at radius 2 is 2.00 bits per heavy atom. The zero-order chi connectivity index (χ0) is 18.4. The molecule has 0 aromatic carbocycles. The van der Waals surface area contributed by atoms with Gasteiger partial charge in [-0.2, -0.15) is 5.10 Å². The van der Waals surface area contributed by atoms with E-state index in [0.29, 0.717) is 19.4 Å². The van der Waals surface area contributed by atoms with Crippen LogP contribution in [0.4, 0.5) is 0 Å². The van der Waals surface area contributed by atoms with Crippen LogP contribution in [0.2, 0.25) is 0 Å². The summed E-state index contributed by atoms with van der Waals surface area (Å²) >= 11 is 0. The first-order valence-corrected chi connectivity index (χ1v) is 9.51. The van der Waals surface area contributed by atoms with E-state index in [-0.39, 0.29) is 24.5 Å². The predicted octanol–water partition coefficient (Wildman–Crippen LogP) is 1.82. The Labute approximate surface area is 157 Å². The van der Waals surface area contributed by atoms with Crippen LogP contribution in [-0.2, 0) is 17.9 Å². The minimum atomic E-state index is -0.796. The highest BCUT2D eigenvalue weighted by molar-refractivity contribution is 5.79. The van der Waals surface area contributed by atoms with Crippen molar-refractivity contribution in [1.82, 2.24) is 24.2 Å². The van der Waals surface area contributed by atoms with E-state index in [9.17, 15) is 9.90 Å². The number of fused-ring (bicyclic) bond motifs is 3. The topological polar surface area (TPSA) is 76.2 Å². The van der Waals surface area contributed by atoms with Gasteiger partial charge in [-0.3, -0.25) is 14.5 Å². The molecule has 140 valence electrons. The van der Waals surface area contributed by atoms with Gasteiger partial charge in [0.05, 0.1) is 23.9 Å². The molecule has 27 heavy (non-hydrogen) atoms. The van der Waals surface area contributed by atoms with Crippen molar-refractivity contribution in [1.29, 1.82) is 0 Å². The minimum Gasteiger partial charge on any atom is -0.388 e. The number of amides is 1. The number of aromatic nitrogens is 4. The van der Waals surface area contributed by atoms with Crippen molar-refractivity contribution in [2.45, 2.75) is 56.5 Å². The monoisotopic (exact) mass is 365 g/mol. The number of aliphatic hydroxyl groups is 1. The lowest BCUT2D eigenvalue weighted by molar-refractivity contribution is -0.142. The standard InChI is InChI=1S/C20H23N5O2/c26-19(13-24-8-1-6-22-24)25-16-2-3-17(25)11-20(27,10-16)14-23-9-5-15-4-7-21-12-18(15)23/h1,4-9,12,16-17,27H,2-3,10-11,13-14H2/t16-,17-/m1/s1. The Morgan fingerprint density at radius 3 is 2.74 bits per heavy atom. The Bertz CT molecular complexity index is 950. The highest BCUT2D eigenvalue weighted by Gasteiger charge is 2.49. The van der Waals surface area contributed by atoms with Crippen molar-refractivity contribution in [3.05, 3.63) is 49.2 Å². The van der Waals surface area contributed by atoms with Crippen LogP contribution in [-0.4, -0.2) is 52.9 Å². The number of pyridine rings is 1. The van der Waals surface area contributed by atoms with Crippen molar-refractivity contribution >= 4 is 16.8 Å². The third kappa shape index (κ3) is 2.92. The second-order valence-electron chi connectivity index (χ2n) is 7.90. The maximum absolute atomic E-state index is 12.8. The summed E-state index contributed by atoms with van der Waals surface area (Å²) in [5.41, 5.74) is 0.242. The first-order valence-electron chi connectivity index (χ1n) is 9.51. The Morgan fingerprint density at radius 1 is 1.19 bits per heavy atom. The molecular weight excluding hydrogens is 342 g/mol. The lowest BCUT2D eigenvalue weighted by Gasteiger charge is -2.44. The van der Waals surface area contributed by atoms with Gasteiger partial charge in [-0.25, -0.2) is 0 Å². The quantitative estimate of drug-likeness (QED) is 0.765. The zero-order valence-electron chi connectivity index (χ0n) is 15.1. The highest BCUT2D eigenvalue weighted by Crippen LogP contribution is 2.42. The van der Waals surface area contributed by atoms with Crippen LogP contribution < -0.4 is 0 Å². The van der Waals surface area contributed by atoms with Crippen LogP contribution in [0.5, 0.6) is 0 Å². The largest absolute Gasteiger partial charge is 0.388 e. The van der Waals surface area contributed by atoms with Gasteiger partial charge in [0.25, 0.3) is 0 Å². The number of hydrogen-bond donors (Lipinski definition) is 1. The summed E-state index contributed by atoms with van der Waals surface area (Å²) in [6, 6.07) is 6.08. The van der Waals surface area contributed by atoms with Crippen molar-refractivity contribution in [2.24, 2.45) is 0 Å². The van der Waals surface area contributed by atoms with Crippen molar-refractivity contribution < 1.29 is 9.90 Å². The molecule has 2 fully saturated rings. The molecular formula is C20H23N5O2. The van der Waals surface area contributed by atoms with Crippen molar-refractivity contribution in [3.63, 3.8) is 0 Å².